The van der Waals surface area contributed by atoms with Crippen molar-refractivity contribution in [1.82, 2.24) is 0 Å². The van der Waals surface area contributed by atoms with Crippen LogP contribution in [0.3, 0.4) is 0 Å². The maximum absolute atomic E-state index is 13.6. The molecule has 0 radical (unpaired) electrons. The molecule has 0 heterocycles. The quantitative estimate of drug-likeness (QED) is 0.900. The molecule has 0 spiro atoms. The zero-order valence-electron chi connectivity index (χ0n) is 10.8. The van der Waals surface area contributed by atoms with Crippen LogP contribution in [-0.2, 0) is 0 Å². The van der Waals surface area contributed by atoms with Crippen molar-refractivity contribution in [2.24, 2.45) is 0 Å². The molecule has 0 fully saturated rings. The number of halogens is 1. The lowest BCUT2D eigenvalue weighted by atomic mass is 10.1. The van der Waals surface area contributed by atoms with Crippen LogP contribution >= 0.6 is 0 Å². The average Bonchev–Trinajstić information content (AvgIpc) is 2.47. The smallest absolute Gasteiger partial charge is 0.257 e. The lowest BCUT2D eigenvalue weighted by molar-refractivity contribution is 0.102. The molecule has 0 saturated carbocycles. The lowest BCUT2D eigenvalue weighted by Gasteiger charge is -2.10. The van der Waals surface area contributed by atoms with Gasteiger partial charge in [-0.15, -0.1) is 0 Å². The molecule has 0 unspecified atom stereocenters. The van der Waals surface area contributed by atoms with E-state index in [0.717, 1.165) is 0 Å². The molecule has 2 aromatic rings. The zero-order valence-corrected chi connectivity index (χ0v) is 10.8. The first-order chi connectivity index (χ1) is 9.65. The number of hydrogen-bond donors (Lipinski definition) is 2. The van der Waals surface area contributed by atoms with Crippen LogP contribution in [0.5, 0.6) is 0 Å². The molecule has 0 saturated heterocycles. The van der Waals surface area contributed by atoms with Crippen LogP contribution in [-0.4, -0.2) is 13.0 Å². The first kappa shape index (κ1) is 13.6. The topological polar surface area (TPSA) is 64.9 Å². The summed E-state index contributed by atoms with van der Waals surface area (Å²) in [6.07, 6.45) is 0. The fourth-order valence-corrected chi connectivity index (χ4v) is 1.83. The minimum absolute atomic E-state index is 0.140. The van der Waals surface area contributed by atoms with Crippen molar-refractivity contribution in [3.63, 3.8) is 0 Å². The van der Waals surface area contributed by atoms with E-state index >= 15 is 0 Å². The Morgan fingerprint density at radius 1 is 1.25 bits per heavy atom. The molecule has 0 aliphatic heterocycles. The van der Waals surface area contributed by atoms with E-state index < -0.39 is 11.7 Å². The van der Waals surface area contributed by atoms with Gasteiger partial charge in [0.1, 0.15) is 5.82 Å². The van der Waals surface area contributed by atoms with Crippen LogP contribution in [0.15, 0.2) is 42.5 Å². The number of amides is 1. The third-order valence-corrected chi connectivity index (χ3v) is 2.76. The van der Waals surface area contributed by atoms with Crippen molar-refractivity contribution in [1.29, 1.82) is 5.26 Å². The highest BCUT2D eigenvalue weighted by molar-refractivity contribution is 6.08. The molecule has 5 heteroatoms. The molecule has 2 rings (SSSR count). The summed E-state index contributed by atoms with van der Waals surface area (Å²) >= 11 is 0. The molecular weight excluding hydrogens is 257 g/mol. The van der Waals surface area contributed by atoms with E-state index in [2.05, 4.69) is 10.6 Å². The predicted molar refractivity (Wildman–Crippen MR) is 75.1 cm³/mol. The summed E-state index contributed by atoms with van der Waals surface area (Å²) in [5.74, 6) is -0.935. The summed E-state index contributed by atoms with van der Waals surface area (Å²) in [6.45, 7) is 0. The minimum Gasteiger partial charge on any atom is -0.385 e. The van der Waals surface area contributed by atoms with Crippen LogP contribution < -0.4 is 10.6 Å². The first-order valence-electron chi connectivity index (χ1n) is 5.93. The first-order valence-corrected chi connectivity index (χ1v) is 5.93. The Morgan fingerprint density at radius 3 is 2.70 bits per heavy atom. The van der Waals surface area contributed by atoms with Gasteiger partial charge >= 0.3 is 0 Å². The number of anilines is 2. The van der Waals surface area contributed by atoms with Crippen LogP contribution in [0.25, 0.3) is 0 Å². The molecule has 2 aromatic carbocycles. The average molecular weight is 269 g/mol. The second-order valence-electron chi connectivity index (χ2n) is 4.06. The molecule has 20 heavy (non-hydrogen) atoms. The van der Waals surface area contributed by atoms with Crippen molar-refractivity contribution < 1.29 is 9.18 Å². The SMILES string of the molecule is CNc1c(F)cccc1C(=O)Nc1cccc(C#N)c1. The second-order valence-corrected chi connectivity index (χ2v) is 4.06. The minimum atomic E-state index is -0.495. The molecular formula is C15H12FN3O. The highest BCUT2D eigenvalue weighted by atomic mass is 19.1. The van der Waals surface area contributed by atoms with Gasteiger partial charge in [-0.2, -0.15) is 5.26 Å². The molecule has 0 atom stereocenters. The van der Waals surface area contributed by atoms with Crippen molar-refractivity contribution in [3.8, 4) is 6.07 Å². The number of para-hydroxylation sites is 1. The van der Waals surface area contributed by atoms with Crippen molar-refractivity contribution in [3.05, 3.63) is 59.4 Å². The van der Waals surface area contributed by atoms with Gasteiger partial charge in [0.25, 0.3) is 5.91 Å². The van der Waals surface area contributed by atoms with Gasteiger partial charge in [-0.3, -0.25) is 4.79 Å². The van der Waals surface area contributed by atoms with Crippen LogP contribution in [0.4, 0.5) is 15.8 Å². The molecule has 4 nitrogen and oxygen atoms in total. The largest absolute Gasteiger partial charge is 0.385 e. The van der Waals surface area contributed by atoms with Crippen LogP contribution in [0.2, 0.25) is 0 Å². The normalized spacial score (nSPS) is 9.65. The summed E-state index contributed by atoms with van der Waals surface area (Å²) in [5.41, 5.74) is 1.27. The Hall–Kier alpha value is -2.87. The summed E-state index contributed by atoms with van der Waals surface area (Å²) < 4.78 is 13.6. The number of carbonyl (C=O) groups excluding carboxylic acids is 1. The Balaban J connectivity index is 2.29. The monoisotopic (exact) mass is 269 g/mol. The highest BCUT2D eigenvalue weighted by Gasteiger charge is 2.14. The van der Waals surface area contributed by atoms with Crippen LogP contribution in [0, 0.1) is 17.1 Å². The molecule has 0 aliphatic rings. The number of nitriles is 1. The molecule has 100 valence electrons. The van der Waals surface area contributed by atoms with Crippen molar-refractivity contribution in [2.75, 3.05) is 17.7 Å². The van der Waals surface area contributed by atoms with Gasteiger partial charge in [-0.1, -0.05) is 12.1 Å². The molecule has 2 N–H and O–H groups in total. The summed E-state index contributed by atoms with van der Waals surface area (Å²) in [6, 6.07) is 12.8. The molecule has 0 aliphatic carbocycles. The summed E-state index contributed by atoms with van der Waals surface area (Å²) in [5, 5.41) is 14.1. The van der Waals surface area contributed by atoms with E-state index in [1.165, 1.54) is 18.2 Å². The fourth-order valence-electron chi connectivity index (χ4n) is 1.83. The van der Waals surface area contributed by atoms with Gasteiger partial charge in [0, 0.05) is 12.7 Å². The number of hydrogen-bond acceptors (Lipinski definition) is 3. The van der Waals surface area contributed by atoms with E-state index in [1.54, 1.807) is 31.3 Å². The van der Waals surface area contributed by atoms with Crippen LogP contribution in [0.1, 0.15) is 15.9 Å². The predicted octanol–water partition coefficient (Wildman–Crippen LogP) is 2.99. The fraction of sp³-hybridized carbons (Fsp3) is 0.0667. The maximum Gasteiger partial charge on any atom is 0.257 e. The van der Waals surface area contributed by atoms with Gasteiger partial charge in [0.05, 0.1) is 22.9 Å². The number of rotatable bonds is 3. The van der Waals surface area contributed by atoms with Crippen molar-refractivity contribution in [2.45, 2.75) is 0 Å². The lowest BCUT2D eigenvalue weighted by Crippen LogP contribution is -2.14. The summed E-state index contributed by atoms with van der Waals surface area (Å²) in [4.78, 5) is 12.1. The molecule has 0 bridgehead atoms. The van der Waals surface area contributed by atoms with Gasteiger partial charge in [-0.05, 0) is 30.3 Å². The molecule has 0 aromatic heterocycles. The van der Waals surface area contributed by atoms with Gasteiger partial charge in [-0.25, -0.2) is 4.39 Å². The number of benzene rings is 2. The van der Waals surface area contributed by atoms with E-state index in [9.17, 15) is 9.18 Å². The maximum atomic E-state index is 13.6. The van der Waals surface area contributed by atoms with E-state index in [1.807, 2.05) is 6.07 Å². The Bertz CT molecular complexity index is 692. The molecule has 1 amide bonds. The third-order valence-electron chi connectivity index (χ3n) is 2.76. The van der Waals surface area contributed by atoms with Crippen molar-refractivity contribution >= 4 is 17.3 Å². The number of carbonyl (C=O) groups is 1. The third kappa shape index (κ3) is 2.75. The summed E-state index contributed by atoms with van der Waals surface area (Å²) in [7, 11) is 1.55. The second kappa shape index (κ2) is 5.85. The van der Waals surface area contributed by atoms with Gasteiger partial charge in [0.2, 0.25) is 0 Å². The van der Waals surface area contributed by atoms with Gasteiger partial charge < -0.3 is 10.6 Å². The Labute approximate surface area is 115 Å². The zero-order chi connectivity index (χ0) is 14.5. The van der Waals surface area contributed by atoms with E-state index in [4.69, 9.17) is 5.26 Å². The van der Waals surface area contributed by atoms with Gasteiger partial charge in [0.15, 0.2) is 0 Å². The van der Waals surface area contributed by atoms with E-state index in [0.29, 0.717) is 11.3 Å². The number of nitrogens with zero attached hydrogens (tertiary/aromatic N) is 1. The Morgan fingerprint density at radius 2 is 2.00 bits per heavy atom. The highest BCUT2D eigenvalue weighted by Crippen LogP contribution is 2.20. The standard InChI is InChI=1S/C15H12FN3O/c1-18-14-12(6-3-7-13(14)16)15(20)19-11-5-2-4-10(8-11)9-17/h2-8,18H,1H3,(H,19,20). The van der Waals surface area contributed by atoms with E-state index in [-0.39, 0.29) is 11.3 Å². The number of nitrogens with one attached hydrogen (secondary N) is 2. The Kier molecular flexibility index (Phi) is 3.96.